The molecule has 5 nitrogen and oxygen atoms in total. The van der Waals surface area contributed by atoms with Gasteiger partial charge in [-0.3, -0.25) is 4.79 Å². The average molecular weight is 354 g/mol. The second kappa shape index (κ2) is 7.77. The number of hydrogen-bond donors (Lipinski definition) is 1. The van der Waals surface area contributed by atoms with Gasteiger partial charge in [0.2, 0.25) is 5.91 Å². The second-order valence-electron chi connectivity index (χ2n) is 5.38. The highest BCUT2D eigenvalue weighted by molar-refractivity contribution is 6.30. The fourth-order valence-electron chi connectivity index (χ4n) is 2.31. The molecular weight excluding hydrogens is 338 g/mol. The number of carbonyl (C=O) groups excluding carboxylic acids is 1. The molecule has 2 aromatic carbocycles. The Morgan fingerprint density at radius 1 is 1.12 bits per heavy atom. The lowest BCUT2D eigenvalue weighted by Crippen LogP contribution is -2.14. The first kappa shape index (κ1) is 16.9. The molecular formula is C19H16ClN3O2. The van der Waals surface area contributed by atoms with Crippen molar-refractivity contribution in [2.75, 3.05) is 12.4 Å². The maximum atomic E-state index is 12.2. The fraction of sp³-hybridized carbons (Fsp3) is 0.105. The largest absolute Gasteiger partial charge is 0.497 e. The number of rotatable bonds is 5. The number of aromatic nitrogens is 2. The van der Waals surface area contributed by atoms with Gasteiger partial charge < -0.3 is 10.1 Å². The van der Waals surface area contributed by atoms with Crippen LogP contribution >= 0.6 is 11.6 Å². The molecule has 1 amide bonds. The van der Waals surface area contributed by atoms with Crippen LogP contribution in [0.2, 0.25) is 5.02 Å². The molecule has 3 rings (SSSR count). The molecule has 0 radical (unpaired) electrons. The van der Waals surface area contributed by atoms with Crippen molar-refractivity contribution in [3.05, 3.63) is 71.5 Å². The van der Waals surface area contributed by atoms with Gasteiger partial charge in [0, 0.05) is 10.6 Å². The first-order chi connectivity index (χ1) is 12.1. The van der Waals surface area contributed by atoms with E-state index in [1.807, 2.05) is 36.4 Å². The van der Waals surface area contributed by atoms with Crippen molar-refractivity contribution in [2.24, 2.45) is 0 Å². The molecule has 0 spiro atoms. The molecule has 1 heterocycles. The van der Waals surface area contributed by atoms with Gasteiger partial charge in [-0.25, -0.2) is 9.97 Å². The minimum Gasteiger partial charge on any atom is -0.497 e. The van der Waals surface area contributed by atoms with Gasteiger partial charge in [0.25, 0.3) is 0 Å². The molecule has 1 N–H and O–H groups in total. The van der Waals surface area contributed by atoms with Crippen LogP contribution in [0.25, 0.3) is 11.4 Å². The molecule has 3 aromatic rings. The molecule has 0 atom stereocenters. The van der Waals surface area contributed by atoms with Crippen LogP contribution in [0.5, 0.6) is 5.75 Å². The summed E-state index contributed by atoms with van der Waals surface area (Å²) in [6.45, 7) is 0. The van der Waals surface area contributed by atoms with Crippen molar-refractivity contribution in [1.29, 1.82) is 0 Å². The average Bonchev–Trinajstić information content (AvgIpc) is 2.63. The van der Waals surface area contributed by atoms with E-state index in [4.69, 9.17) is 16.3 Å². The number of methoxy groups -OCH3 is 1. The van der Waals surface area contributed by atoms with E-state index in [0.29, 0.717) is 16.5 Å². The van der Waals surface area contributed by atoms with Crippen molar-refractivity contribution in [2.45, 2.75) is 6.42 Å². The predicted octanol–water partition coefficient (Wildman–Crippen LogP) is 3.99. The van der Waals surface area contributed by atoms with Crippen LogP contribution in [0.1, 0.15) is 5.56 Å². The molecule has 0 bridgehead atoms. The minimum atomic E-state index is -0.143. The predicted molar refractivity (Wildman–Crippen MR) is 97.8 cm³/mol. The SMILES string of the molecule is COc1cccc(CC(=O)Nc2cnc(-c3ccc(Cl)cc3)nc2)c1. The molecule has 0 fully saturated rings. The van der Waals surface area contributed by atoms with Crippen LogP contribution in [0.4, 0.5) is 5.69 Å². The van der Waals surface area contributed by atoms with Crippen LogP contribution in [0.15, 0.2) is 60.9 Å². The Hall–Kier alpha value is -2.92. The van der Waals surface area contributed by atoms with Crippen molar-refractivity contribution < 1.29 is 9.53 Å². The second-order valence-corrected chi connectivity index (χ2v) is 5.82. The zero-order valence-corrected chi connectivity index (χ0v) is 14.3. The van der Waals surface area contributed by atoms with E-state index in [1.54, 1.807) is 31.6 Å². The van der Waals surface area contributed by atoms with Crippen molar-refractivity contribution >= 4 is 23.2 Å². The van der Waals surface area contributed by atoms with E-state index in [1.165, 1.54) is 0 Å². The lowest BCUT2D eigenvalue weighted by Gasteiger charge is -2.07. The Balaban J connectivity index is 1.64. The fourth-order valence-corrected chi connectivity index (χ4v) is 2.44. The maximum absolute atomic E-state index is 12.2. The summed E-state index contributed by atoms with van der Waals surface area (Å²) in [6.07, 6.45) is 3.41. The molecule has 0 saturated carbocycles. The number of halogens is 1. The van der Waals surface area contributed by atoms with Gasteiger partial charge >= 0.3 is 0 Å². The number of benzene rings is 2. The van der Waals surface area contributed by atoms with E-state index in [2.05, 4.69) is 15.3 Å². The van der Waals surface area contributed by atoms with Crippen LogP contribution in [-0.2, 0) is 11.2 Å². The highest BCUT2D eigenvalue weighted by atomic mass is 35.5. The lowest BCUT2D eigenvalue weighted by atomic mass is 10.1. The zero-order valence-electron chi connectivity index (χ0n) is 13.6. The highest BCUT2D eigenvalue weighted by Gasteiger charge is 2.07. The van der Waals surface area contributed by atoms with E-state index in [0.717, 1.165) is 16.9 Å². The Morgan fingerprint density at radius 3 is 2.52 bits per heavy atom. The molecule has 1 aromatic heterocycles. The number of amides is 1. The third kappa shape index (κ3) is 4.55. The van der Waals surface area contributed by atoms with Crippen molar-refractivity contribution in [1.82, 2.24) is 9.97 Å². The summed E-state index contributed by atoms with van der Waals surface area (Å²) in [5.41, 5.74) is 2.28. The summed E-state index contributed by atoms with van der Waals surface area (Å²) in [4.78, 5) is 20.7. The van der Waals surface area contributed by atoms with Gasteiger partial charge in [0.1, 0.15) is 5.75 Å². The molecule has 6 heteroatoms. The Morgan fingerprint density at radius 2 is 1.84 bits per heavy atom. The lowest BCUT2D eigenvalue weighted by molar-refractivity contribution is -0.115. The van der Waals surface area contributed by atoms with Gasteiger partial charge in [-0.05, 0) is 42.0 Å². The summed E-state index contributed by atoms with van der Waals surface area (Å²) >= 11 is 5.87. The van der Waals surface area contributed by atoms with Crippen LogP contribution < -0.4 is 10.1 Å². The van der Waals surface area contributed by atoms with Crippen LogP contribution in [-0.4, -0.2) is 23.0 Å². The third-order valence-electron chi connectivity index (χ3n) is 3.54. The number of ether oxygens (including phenoxy) is 1. The summed E-state index contributed by atoms with van der Waals surface area (Å²) < 4.78 is 5.16. The molecule has 25 heavy (non-hydrogen) atoms. The number of hydrogen-bond acceptors (Lipinski definition) is 4. The van der Waals surface area contributed by atoms with Gasteiger partial charge in [-0.2, -0.15) is 0 Å². The Kier molecular flexibility index (Phi) is 5.26. The number of nitrogens with one attached hydrogen (secondary N) is 1. The van der Waals surface area contributed by atoms with Crippen molar-refractivity contribution in [3.8, 4) is 17.1 Å². The first-order valence-corrected chi connectivity index (χ1v) is 8.02. The smallest absolute Gasteiger partial charge is 0.228 e. The molecule has 0 aliphatic rings. The molecule has 0 aliphatic carbocycles. The van der Waals surface area contributed by atoms with Crippen LogP contribution in [0, 0.1) is 0 Å². The van der Waals surface area contributed by atoms with Gasteiger partial charge in [0.05, 0.1) is 31.6 Å². The molecule has 126 valence electrons. The zero-order chi connectivity index (χ0) is 17.6. The monoisotopic (exact) mass is 353 g/mol. The van der Waals surface area contributed by atoms with E-state index in [9.17, 15) is 4.79 Å². The molecule has 0 unspecified atom stereocenters. The van der Waals surface area contributed by atoms with Gasteiger partial charge in [0.15, 0.2) is 5.82 Å². The molecule has 0 saturated heterocycles. The number of carbonyl (C=O) groups is 1. The normalized spacial score (nSPS) is 10.3. The maximum Gasteiger partial charge on any atom is 0.228 e. The summed E-state index contributed by atoms with van der Waals surface area (Å²) in [5.74, 6) is 1.15. The first-order valence-electron chi connectivity index (χ1n) is 7.65. The number of nitrogens with zero attached hydrogens (tertiary/aromatic N) is 2. The summed E-state index contributed by atoms with van der Waals surface area (Å²) in [6, 6.07) is 14.7. The van der Waals surface area contributed by atoms with E-state index in [-0.39, 0.29) is 12.3 Å². The van der Waals surface area contributed by atoms with E-state index >= 15 is 0 Å². The summed E-state index contributed by atoms with van der Waals surface area (Å²) in [5, 5.41) is 3.45. The van der Waals surface area contributed by atoms with Gasteiger partial charge in [-0.1, -0.05) is 23.7 Å². The third-order valence-corrected chi connectivity index (χ3v) is 3.79. The number of anilines is 1. The standard InChI is InChI=1S/C19H16ClN3O2/c1-25-17-4-2-3-13(9-17)10-18(24)23-16-11-21-19(22-12-16)14-5-7-15(20)8-6-14/h2-9,11-12H,10H2,1H3,(H,23,24). The quantitative estimate of drug-likeness (QED) is 0.753. The van der Waals surface area contributed by atoms with Crippen molar-refractivity contribution in [3.63, 3.8) is 0 Å². The Bertz CT molecular complexity index is 865. The minimum absolute atomic E-state index is 0.143. The highest BCUT2D eigenvalue weighted by Crippen LogP contribution is 2.19. The Labute approximate surface area is 150 Å². The molecule has 0 aliphatic heterocycles. The topological polar surface area (TPSA) is 64.1 Å². The van der Waals surface area contributed by atoms with Crippen LogP contribution in [0.3, 0.4) is 0 Å². The summed E-state index contributed by atoms with van der Waals surface area (Å²) in [7, 11) is 1.60. The van der Waals surface area contributed by atoms with E-state index < -0.39 is 0 Å². The van der Waals surface area contributed by atoms with Gasteiger partial charge in [-0.15, -0.1) is 0 Å².